The van der Waals surface area contributed by atoms with Crippen LogP contribution in [0, 0.1) is 0 Å². The molecule has 0 saturated carbocycles. The number of nitrogens with one attached hydrogen (secondary N) is 1. The van der Waals surface area contributed by atoms with Crippen molar-refractivity contribution < 1.29 is 24.4 Å². The van der Waals surface area contributed by atoms with Gasteiger partial charge in [-0.25, -0.2) is 4.79 Å². The Morgan fingerprint density at radius 1 is 1.55 bits per heavy atom. The number of carboxylic acid groups (broad SMARTS) is 1. The average molecular weight is 295 g/mol. The minimum absolute atomic E-state index is 0.00967. The topological polar surface area (TPSA) is 95.9 Å². The monoisotopic (exact) mass is 295 g/mol. The fourth-order valence-corrected chi connectivity index (χ4v) is 2.44. The predicted molar refractivity (Wildman–Crippen MR) is 76.0 cm³/mol. The third-order valence-electron chi connectivity index (χ3n) is 2.97. The number of hydrogen-bond acceptors (Lipinski definition) is 5. The number of para-hydroxylation sites is 1. The number of carbonyl (C=O) groups excluding carboxylic acids is 1. The summed E-state index contributed by atoms with van der Waals surface area (Å²) < 4.78 is 5.27. The van der Waals surface area contributed by atoms with Crippen molar-refractivity contribution in [3.05, 3.63) is 29.3 Å². The van der Waals surface area contributed by atoms with Gasteiger partial charge in [0.2, 0.25) is 5.91 Å². The van der Waals surface area contributed by atoms with Gasteiger partial charge in [0.05, 0.1) is 17.3 Å². The van der Waals surface area contributed by atoms with Gasteiger partial charge in [0.15, 0.2) is 0 Å². The van der Waals surface area contributed by atoms with E-state index in [4.69, 9.17) is 9.76 Å². The van der Waals surface area contributed by atoms with E-state index in [2.05, 4.69) is 5.32 Å². The molecule has 3 N–H and O–H groups in total. The van der Waals surface area contributed by atoms with Crippen LogP contribution >= 0.6 is 11.8 Å². The molecule has 0 fully saturated rings. The molecule has 106 valence electrons. The number of thioether (sulfide) groups is 1. The molecule has 0 saturated heterocycles. The molecule has 1 unspecified atom stereocenters. The molecular formula is C12H14BNO5S. The van der Waals surface area contributed by atoms with Crippen molar-refractivity contribution in [1.29, 1.82) is 0 Å². The normalized spacial score (nSPS) is 17.1. The van der Waals surface area contributed by atoms with Crippen molar-refractivity contribution >= 4 is 30.8 Å². The molecule has 1 aromatic rings. The Bertz CT molecular complexity index is 539. The van der Waals surface area contributed by atoms with E-state index in [9.17, 15) is 14.6 Å². The van der Waals surface area contributed by atoms with E-state index in [1.807, 2.05) is 6.26 Å². The van der Waals surface area contributed by atoms with Crippen LogP contribution in [0.3, 0.4) is 0 Å². The summed E-state index contributed by atoms with van der Waals surface area (Å²) in [4.78, 5) is 22.6. The zero-order chi connectivity index (χ0) is 14.7. The fourth-order valence-electron chi connectivity index (χ4n) is 2.10. The molecule has 0 radical (unpaired) electrons. The van der Waals surface area contributed by atoms with Crippen molar-refractivity contribution in [2.24, 2.45) is 0 Å². The predicted octanol–water partition coefficient (Wildman–Crippen LogP) is 0.187. The van der Waals surface area contributed by atoms with Gasteiger partial charge in [0.1, 0.15) is 5.75 Å². The highest BCUT2D eigenvalue weighted by atomic mass is 32.2. The van der Waals surface area contributed by atoms with Crippen LogP contribution in [0.25, 0.3) is 0 Å². The summed E-state index contributed by atoms with van der Waals surface area (Å²) in [5.74, 6) is -1.42. The molecule has 1 aliphatic rings. The first-order valence-electron chi connectivity index (χ1n) is 6.01. The lowest BCUT2D eigenvalue weighted by molar-refractivity contribution is -0.118. The maximum atomic E-state index is 11.6. The van der Waals surface area contributed by atoms with E-state index in [0.717, 1.165) is 0 Å². The van der Waals surface area contributed by atoms with E-state index in [1.54, 1.807) is 12.1 Å². The summed E-state index contributed by atoms with van der Waals surface area (Å²) in [6.45, 7) is 0. The Labute approximate surface area is 120 Å². The van der Waals surface area contributed by atoms with Crippen LogP contribution in [0.1, 0.15) is 15.9 Å². The van der Waals surface area contributed by atoms with Crippen molar-refractivity contribution in [2.45, 2.75) is 12.4 Å². The lowest BCUT2D eigenvalue weighted by atomic mass is 9.72. The van der Waals surface area contributed by atoms with Gasteiger partial charge in [0, 0.05) is 0 Å². The van der Waals surface area contributed by atoms with Gasteiger partial charge in [-0.2, -0.15) is 11.8 Å². The number of amides is 1. The maximum Gasteiger partial charge on any atom is 0.547 e. The molecule has 1 aliphatic heterocycles. The number of carboxylic acids is 1. The second kappa shape index (κ2) is 6.19. The third kappa shape index (κ3) is 3.08. The molecule has 6 nitrogen and oxygen atoms in total. The van der Waals surface area contributed by atoms with Crippen molar-refractivity contribution in [3.8, 4) is 5.75 Å². The minimum atomic E-state index is -1.26. The summed E-state index contributed by atoms with van der Waals surface area (Å²) >= 11 is 1.38. The first-order chi connectivity index (χ1) is 9.52. The van der Waals surface area contributed by atoms with Crippen molar-refractivity contribution in [1.82, 2.24) is 5.32 Å². The van der Waals surface area contributed by atoms with Gasteiger partial charge in [-0.1, -0.05) is 12.1 Å². The second-order valence-corrected chi connectivity index (χ2v) is 5.28. The Kier molecular flexibility index (Phi) is 4.56. The van der Waals surface area contributed by atoms with E-state index in [1.165, 1.54) is 17.8 Å². The number of benzene rings is 1. The van der Waals surface area contributed by atoms with Crippen LogP contribution in [0.4, 0.5) is 0 Å². The van der Waals surface area contributed by atoms with Crippen LogP contribution in [0.2, 0.25) is 0 Å². The van der Waals surface area contributed by atoms with E-state index < -0.39 is 19.0 Å². The molecule has 0 aromatic heterocycles. The molecule has 1 heterocycles. The molecule has 0 bridgehead atoms. The van der Waals surface area contributed by atoms with Crippen LogP contribution in [-0.4, -0.2) is 47.1 Å². The highest BCUT2D eigenvalue weighted by molar-refractivity contribution is 7.99. The van der Waals surface area contributed by atoms with Gasteiger partial charge >= 0.3 is 13.1 Å². The highest BCUT2D eigenvalue weighted by Crippen LogP contribution is 2.30. The quantitative estimate of drug-likeness (QED) is 0.686. The summed E-state index contributed by atoms with van der Waals surface area (Å²) in [7, 11) is -1.26. The van der Waals surface area contributed by atoms with Gasteiger partial charge < -0.3 is 20.1 Å². The van der Waals surface area contributed by atoms with Gasteiger partial charge in [-0.3, -0.25) is 4.79 Å². The Balaban J connectivity index is 2.19. The number of rotatable bonds is 4. The van der Waals surface area contributed by atoms with E-state index >= 15 is 0 Å². The zero-order valence-corrected chi connectivity index (χ0v) is 11.6. The Morgan fingerprint density at radius 2 is 2.30 bits per heavy atom. The first-order valence-corrected chi connectivity index (χ1v) is 7.40. The summed E-state index contributed by atoms with van der Waals surface area (Å²) in [6, 6.07) is 4.76. The Hall–Kier alpha value is -1.67. The van der Waals surface area contributed by atoms with Gasteiger partial charge in [0.25, 0.3) is 0 Å². The second-order valence-electron chi connectivity index (χ2n) is 4.42. The number of fused-ring (bicyclic) bond motifs is 1. The van der Waals surface area contributed by atoms with E-state index in [0.29, 0.717) is 17.7 Å². The largest absolute Gasteiger partial charge is 0.547 e. The van der Waals surface area contributed by atoms with Gasteiger partial charge in [-0.05, 0) is 24.3 Å². The number of carbonyl (C=O) groups is 2. The van der Waals surface area contributed by atoms with E-state index in [-0.39, 0.29) is 17.2 Å². The van der Waals surface area contributed by atoms with Crippen LogP contribution in [-0.2, 0) is 11.2 Å². The fraction of sp³-hybridized carbons (Fsp3) is 0.333. The average Bonchev–Trinajstić information content (AvgIpc) is 2.39. The summed E-state index contributed by atoms with van der Waals surface area (Å²) in [5.41, 5.74) is 0.667. The van der Waals surface area contributed by atoms with Crippen LogP contribution < -0.4 is 9.97 Å². The molecule has 0 spiro atoms. The molecule has 1 aromatic carbocycles. The highest BCUT2D eigenvalue weighted by Gasteiger charge is 2.37. The molecule has 8 heteroatoms. The first kappa shape index (κ1) is 14.7. The lowest BCUT2D eigenvalue weighted by Crippen LogP contribution is -2.53. The van der Waals surface area contributed by atoms with Crippen LogP contribution in [0.15, 0.2) is 18.2 Å². The van der Waals surface area contributed by atoms with Crippen molar-refractivity contribution in [2.75, 3.05) is 12.0 Å². The molecule has 1 amide bonds. The zero-order valence-electron chi connectivity index (χ0n) is 10.8. The molecule has 2 rings (SSSR count). The lowest BCUT2D eigenvalue weighted by Gasteiger charge is -2.28. The standard InChI is InChI=1S/C12H14BNO5S/c1-20-6-10(15)14-9-5-7-3-2-4-8(12(16)17)11(7)19-13(9)18/h2-4,9,18H,5-6H2,1H3,(H,14,15)(H,16,17). The molecule has 1 atom stereocenters. The molecule has 20 heavy (non-hydrogen) atoms. The molecule has 0 aliphatic carbocycles. The maximum absolute atomic E-state index is 11.6. The SMILES string of the molecule is CSCC(=O)NC1Cc2cccc(C(=O)O)c2OB1O. The summed E-state index contributed by atoms with van der Waals surface area (Å²) in [5, 5.41) is 21.7. The van der Waals surface area contributed by atoms with Crippen LogP contribution in [0.5, 0.6) is 5.75 Å². The Morgan fingerprint density at radius 3 is 2.95 bits per heavy atom. The number of hydrogen-bond donors (Lipinski definition) is 3. The smallest absolute Gasteiger partial charge is 0.534 e. The van der Waals surface area contributed by atoms with Gasteiger partial charge in [-0.15, -0.1) is 0 Å². The minimum Gasteiger partial charge on any atom is -0.534 e. The van der Waals surface area contributed by atoms with Crippen molar-refractivity contribution in [3.63, 3.8) is 0 Å². The number of aromatic carboxylic acids is 1. The third-order valence-corrected chi connectivity index (χ3v) is 3.52. The summed E-state index contributed by atoms with van der Waals surface area (Å²) in [6.07, 6.45) is 2.14. The molecular weight excluding hydrogens is 281 g/mol.